The fourth-order valence-corrected chi connectivity index (χ4v) is 6.69. The number of likely N-dealkylation sites (tertiary alicyclic amines) is 2. The van der Waals surface area contributed by atoms with Gasteiger partial charge in [-0.15, -0.1) is 0 Å². The molecule has 2 fully saturated rings. The number of rotatable bonds is 9. The predicted molar refractivity (Wildman–Crippen MR) is 191 cm³/mol. The second-order valence-electron chi connectivity index (χ2n) is 13.5. The highest BCUT2D eigenvalue weighted by Crippen LogP contribution is 2.30. The van der Waals surface area contributed by atoms with Crippen molar-refractivity contribution in [1.29, 1.82) is 0 Å². The van der Waals surface area contributed by atoms with Crippen molar-refractivity contribution in [2.24, 2.45) is 11.8 Å². The molecule has 0 radical (unpaired) electrons. The topological polar surface area (TPSA) is 139 Å². The molecule has 4 N–H and O–H groups in total. The van der Waals surface area contributed by atoms with Crippen molar-refractivity contribution in [3.63, 3.8) is 0 Å². The standard InChI is InChI=1S/C40H42N4O6/c1-39(49,31-9-5-3-6-10-31)37(47)43-23-21-29(25-43)35(45)41-33-17-13-27(14-18-33)28-15-19-34(20-16-28)42-36(46)30-22-24-44(26-30)38(48)40(2,50)32-11-7-4-8-12-32/h3-20,29-30,49-50H,21-26H2,1-2H3,(H,41,45)(H,42,46)/t29-,30+,39+,40-. The molecule has 10 nitrogen and oxygen atoms in total. The molecule has 50 heavy (non-hydrogen) atoms. The van der Waals surface area contributed by atoms with E-state index in [1.54, 1.807) is 58.3 Å². The summed E-state index contributed by atoms with van der Waals surface area (Å²) in [6.07, 6.45) is 1.02. The molecule has 4 aromatic rings. The van der Waals surface area contributed by atoms with Gasteiger partial charge in [-0.05, 0) is 73.2 Å². The van der Waals surface area contributed by atoms with Crippen molar-refractivity contribution in [2.75, 3.05) is 36.8 Å². The van der Waals surface area contributed by atoms with E-state index in [4.69, 9.17) is 0 Å². The SMILES string of the molecule is C[C@](O)(C(=O)N1CC[C@H](C(=O)Nc2ccc(-c3ccc(NC(=O)[C@@H]4CCN(C(=O)[C@@](C)(O)c5ccccc5)C4)cc3)cc2)C1)c1ccccc1. The molecule has 258 valence electrons. The van der Waals surface area contributed by atoms with Gasteiger partial charge >= 0.3 is 0 Å². The predicted octanol–water partition coefficient (Wildman–Crippen LogP) is 4.74. The Morgan fingerprint density at radius 2 is 0.900 bits per heavy atom. The van der Waals surface area contributed by atoms with Crippen LogP contribution in [0.4, 0.5) is 11.4 Å². The Bertz CT molecular complexity index is 1710. The van der Waals surface area contributed by atoms with Crippen LogP contribution in [0.2, 0.25) is 0 Å². The molecule has 0 saturated carbocycles. The molecule has 0 aliphatic carbocycles. The number of aliphatic hydroxyl groups is 2. The Kier molecular flexibility index (Phi) is 9.86. The summed E-state index contributed by atoms with van der Waals surface area (Å²) in [7, 11) is 0. The van der Waals surface area contributed by atoms with E-state index in [9.17, 15) is 29.4 Å². The minimum atomic E-state index is -1.67. The fraction of sp³-hybridized carbons (Fsp3) is 0.300. The number of benzene rings is 4. The molecule has 4 amide bonds. The molecule has 10 heteroatoms. The monoisotopic (exact) mass is 674 g/mol. The second kappa shape index (κ2) is 14.3. The lowest BCUT2D eigenvalue weighted by Crippen LogP contribution is -2.44. The van der Waals surface area contributed by atoms with Gasteiger partial charge in [0, 0.05) is 37.6 Å². The third kappa shape index (κ3) is 7.31. The lowest BCUT2D eigenvalue weighted by molar-refractivity contribution is -0.150. The maximum atomic E-state index is 13.1. The summed E-state index contributed by atoms with van der Waals surface area (Å²) in [6.45, 7) is 4.24. The van der Waals surface area contributed by atoms with Crippen LogP contribution in [0.1, 0.15) is 37.8 Å². The van der Waals surface area contributed by atoms with E-state index < -0.39 is 23.0 Å². The highest BCUT2D eigenvalue weighted by Gasteiger charge is 2.42. The average Bonchev–Trinajstić information content (AvgIpc) is 3.84. The first-order valence-corrected chi connectivity index (χ1v) is 16.9. The van der Waals surface area contributed by atoms with Crippen molar-refractivity contribution >= 4 is 35.0 Å². The first-order chi connectivity index (χ1) is 23.9. The molecular formula is C40H42N4O6. The van der Waals surface area contributed by atoms with Gasteiger partial charge in [0.2, 0.25) is 11.8 Å². The molecule has 0 aromatic heterocycles. The molecule has 2 saturated heterocycles. The van der Waals surface area contributed by atoms with Gasteiger partial charge in [-0.2, -0.15) is 0 Å². The van der Waals surface area contributed by atoms with Crippen molar-refractivity contribution in [3.8, 4) is 11.1 Å². The van der Waals surface area contributed by atoms with E-state index in [0.29, 0.717) is 48.4 Å². The number of nitrogens with one attached hydrogen (secondary N) is 2. The molecule has 2 heterocycles. The van der Waals surface area contributed by atoms with Crippen LogP contribution in [0.15, 0.2) is 109 Å². The summed E-state index contributed by atoms with van der Waals surface area (Å²) in [6, 6.07) is 32.5. The molecule has 6 rings (SSSR count). The third-order valence-corrected chi connectivity index (χ3v) is 9.84. The maximum absolute atomic E-state index is 13.1. The average molecular weight is 675 g/mol. The van der Waals surface area contributed by atoms with Gasteiger partial charge in [0.1, 0.15) is 0 Å². The first kappa shape index (κ1) is 34.5. The third-order valence-electron chi connectivity index (χ3n) is 9.84. The fourth-order valence-electron chi connectivity index (χ4n) is 6.69. The minimum absolute atomic E-state index is 0.177. The highest BCUT2D eigenvalue weighted by molar-refractivity contribution is 5.95. The molecule has 0 spiro atoms. The normalized spacial score (nSPS) is 19.7. The zero-order valence-electron chi connectivity index (χ0n) is 28.2. The Balaban J connectivity index is 0.986. The maximum Gasteiger partial charge on any atom is 0.258 e. The van der Waals surface area contributed by atoms with Crippen LogP contribution in [0.3, 0.4) is 0 Å². The van der Waals surface area contributed by atoms with Gasteiger partial charge < -0.3 is 30.6 Å². The van der Waals surface area contributed by atoms with Crippen LogP contribution in [0, 0.1) is 11.8 Å². The van der Waals surface area contributed by atoms with Gasteiger partial charge in [0.15, 0.2) is 11.2 Å². The van der Waals surface area contributed by atoms with E-state index in [0.717, 1.165) is 11.1 Å². The highest BCUT2D eigenvalue weighted by atomic mass is 16.3. The van der Waals surface area contributed by atoms with E-state index >= 15 is 0 Å². The zero-order valence-corrected chi connectivity index (χ0v) is 28.2. The van der Waals surface area contributed by atoms with Crippen LogP contribution >= 0.6 is 0 Å². The molecule has 2 aliphatic heterocycles. The van der Waals surface area contributed by atoms with Gasteiger partial charge in [0.05, 0.1) is 11.8 Å². The summed E-state index contributed by atoms with van der Waals surface area (Å²) in [5, 5.41) is 27.8. The molecule has 4 atom stereocenters. The number of carbonyl (C=O) groups is 4. The van der Waals surface area contributed by atoms with E-state index in [2.05, 4.69) is 10.6 Å². The molecular weight excluding hydrogens is 632 g/mol. The smallest absolute Gasteiger partial charge is 0.258 e. The van der Waals surface area contributed by atoms with Crippen LogP contribution < -0.4 is 10.6 Å². The largest absolute Gasteiger partial charge is 0.376 e. The van der Waals surface area contributed by atoms with Gasteiger partial charge in [-0.25, -0.2) is 0 Å². The number of nitrogens with zero attached hydrogens (tertiary/aromatic N) is 2. The zero-order chi connectivity index (χ0) is 35.5. The minimum Gasteiger partial charge on any atom is -0.376 e. The number of carbonyl (C=O) groups excluding carboxylic acids is 4. The summed E-state index contributed by atoms with van der Waals surface area (Å²) in [5.41, 5.74) is 0.819. The van der Waals surface area contributed by atoms with E-state index in [1.165, 1.54) is 13.8 Å². The summed E-state index contributed by atoms with van der Waals surface area (Å²) >= 11 is 0. The number of hydrogen-bond acceptors (Lipinski definition) is 6. The Labute approximate surface area is 291 Å². The van der Waals surface area contributed by atoms with E-state index in [-0.39, 0.29) is 36.7 Å². The van der Waals surface area contributed by atoms with Crippen LogP contribution in [0.25, 0.3) is 11.1 Å². The number of anilines is 2. The second-order valence-corrected chi connectivity index (χ2v) is 13.5. The first-order valence-electron chi connectivity index (χ1n) is 16.9. The van der Waals surface area contributed by atoms with Gasteiger partial charge in [-0.1, -0.05) is 84.9 Å². The summed E-state index contributed by atoms with van der Waals surface area (Å²) in [4.78, 5) is 55.4. The van der Waals surface area contributed by atoms with Gasteiger partial charge in [-0.3, -0.25) is 19.2 Å². The Morgan fingerprint density at radius 3 is 1.24 bits per heavy atom. The quantitative estimate of drug-likeness (QED) is 0.202. The number of amides is 4. The Hall–Kier alpha value is -5.32. The van der Waals surface area contributed by atoms with Crippen LogP contribution in [-0.2, 0) is 30.4 Å². The molecule has 0 unspecified atom stereocenters. The molecule has 0 bridgehead atoms. The lowest BCUT2D eigenvalue weighted by Gasteiger charge is -2.28. The van der Waals surface area contributed by atoms with Crippen LogP contribution in [0.5, 0.6) is 0 Å². The van der Waals surface area contributed by atoms with Crippen molar-refractivity contribution in [1.82, 2.24) is 9.80 Å². The van der Waals surface area contributed by atoms with Gasteiger partial charge in [0.25, 0.3) is 11.8 Å². The lowest BCUT2D eigenvalue weighted by atomic mass is 9.94. The van der Waals surface area contributed by atoms with Crippen LogP contribution in [-0.4, -0.2) is 69.8 Å². The van der Waals surface area contributed by atoms with Crippen molar-refractivity contribution in [3.05, 3.63) is 120 Å². The summed E-state index contributed by atoms with van der Waals surface area (Å²) in [5.74, 6) is -1.96. The summed E-state index contributed by atoms with van der Waals surface area (Å²) < 4.78 is 0. The van der Waals surface area contributed by atoms with Crippen molar-refractivity contribution < 1.29 is 29.4 Å². The number of hydrogen-bond donors (Lipinski definition) is 4. The molecule has 4 aromatic carbocycles. The Morgan fingerprint density at radius 1 is 0.560 bits per heavy atom. The molecule has 2 aliphatic rings. The van der Waals surface area contributed by atoms with Crippen molar-refractivity contribution in [2.45, 2.75) is 37.9 Å². The van der Waals surface area contributed by atoms with E-state index in [1.807, 2.05) is 60.7 Å².